The van der Waals surface area contributed by atoms with Crippen molar-refractivity contribution in [3.05, 3.63) is 41.5 Å². The van der Waals surface area contributed by atoms with E-state index >= 15 is 0 Å². The van der Waals surface area contributed by atoms with Gasteiger partial charge in [-0.2, -0.15) is 4.21 Å². The molecule has 3 N–H and O–H groups in total. The highest BCUT2D eigenvalue weighted by Crippen LogP contribution is 2.22. The quantitative estimate of drug-likeness (QED) is 0.472. The number of Topliss-reactive ketones (excluding diaryl/α,β-unsaturated/α-hetero) is 1. The van der Waals surface area contributed by atoms with Gasteiger partial charge in [0.1, 0.15) is 5.76 Å². The lowest BCUT2D eigenvalue weighted by Gasteiger charge is -2.10. The first-order valence-corrected chi connectivity index (χ1v) is 5.38. The van der Waals surface area contributed by atoms with Crippen molar-refractivity contribution >= 4 is 28.7 Å². The number of benzene rings is 1. The largest absolute Gasteiger partial charge is 0.507 e. The van der Waals surface area contributed by atoms with Gasteiger partial charge in [-0.05, 0) is 0 Å². The van der Waals surface area contributed by atoms with Crippen molar-refractivity contribution in [2.24, 2.45) is 0 Å². The zero-order valence-electron chi connectivity index (χ0n) is 8.36. The fourth-order valence-electron chi connectivity index (χ4n) is 1.30. The summed E-state index contributed by atoms with van der Waals surface area (Å²) in [4.78, 5) is 22.2. The van der Waals surface area contributed by atoms with Gasteiger partial charge in [-0.25, -0.2) is 0 Å². The highest BCUT2D eigenvalue weighted by molar-refractivity contribution is 7.73. The van der Waals surface area contributed by atoms with Crippen LogP contribution in [0.2, 0.25) is 0 Å². The summed E-state index contributed by atoms with van der Waals surface area (Å²) in [5.41, 5.74) is 0.694. The number of ketones is 2. The number of hydrogen-bond donors (Lipinski definition) is 3. The second kappa shape index (κ2) is 5.48. The molecular weight excluding hydrogens is 248 g/mol. The molecule has 2 rings (SSSR count). The van der Waals surface area contributed by atoms with Crippen LogP contribution < -0.4 is 0 Å². The Labute approximate surface area is 98.7 Å². The molecule has 0 heterocycles. The van der Waals surface area contributed by atoms with E-state index in [1.54, 1.807) is 18.2 Å². The number of hydrogen-bond acceptors (Lipinski definition) is 4. The maximum absolute atomic E-state index is 11.3. The van der Waals surface area contributed by atoms with E-state index in [1.807, 2.05) is 0 Å². The molecule has 0 aromatic heterocycles. The van der Waals surface area contributed by atoms with E-state index in [0.29, 0.717) is 5.56 Å². The number of aliphatic hydroxyl groups is 1. The lowest BCUT2D eigenvalue weighted by molar-refractivity contribution is -0.111. The van der Waals surface area contributed by atoms with Crippen LogP contribution in [0.25, 0.3) is 5.76 Å². The third-order valence-corrected chi connectivity index (χ3v) is 1.94. The van der Waals surface area contributed by atoms with Crippen LogP contribution in [0.5, 0.6) is 0 Å². The van der Waals surface area contributed by atoms with Crippen molar-refractivity contribution in [3.63, 3.8) is 0 Å². The van der Waals surface area contributed by atoms with Crippen molar-refractivity contribution in [3.8, 4) is 0 Å². The normalized spacial score (nSPS) is 13.7. The molecule has 6 nitrogen and oxygen atoms in total. The van der Waals surface area contributed by atoms with Crippen molar-refractivity contribution in [1.29, 1.82) is 0 Å². The van der Waals surface area contributed by atoms with Gasteiger partial charge in [0.25, 0.3) is 11.4 Å². The van der Waals surface area contributed by atoms with E-state index < -0.39 is 22.9 Å². The average Bonchev–Trinajstić information content (AvgIpc) is 2.25. The summed E-state index contributed by atoms with van der Waals surface area (Å²) in [6, 6.07) is 6.48. The predicted octanol–water partition coefficient (Wildman–Crippen LogP) is 1.03. The van der Waals surface area contributed by atoms with Crippen molar-refractivity contribution < 1.29 is 28.0 Å². The number of fused-ring (bicyclic) bond motifs is 1. The molecule has 0 atom stereocenters. The summed E-state index contributed by atoms with van der Waals surface area (Å²) in [6.07, 6.45) is 0.949. The van der Waals surface area contributed by atoms with Crippen LogP contribution in [0.15, 0.2) is 30.3 Å². The van der Waals surface area contributed by atoms with Gasteiger partial charge in [0.2, 0.25) is 11.6 Å². The second-order valence-electron chi connectivity index (χ2n) is 3.00. The summed E-state index contributed by atoms with van der Waals surface area (Å²) in [5, 5.41) is 9.34. The van der Waals surface area contributed by atoms with E-state index in [1.165, 1.54) is 6.07 Å². The molecule has 90 valence electrons. The Kier molecular flexibility index (Phi) is 4.27. The standard InChI is InChI=1S/C10H6O3.H2O3S/c11-8-5-9(12)10(13)7-4-2-1-3-6(7)8;1-4(2)3/h1-5,11H;(H2,1,2,3). The first-order valence-electron chi connectivity index (χ1n) is 4.32. The monoisotopic (exact) mass is 256 g/mol. The summed E-state index contributed by atoms with van der Waals surface area (Å²) >= 11 is -2.61. The molecule has 0 fully saturated rings. The average molecular weight is 256 g/mol. The minimum Gasteiger partial charge on any atom is -0.507 e. The topological polar surface area (TPSA) is 112 Å². The number of carbonyl (C=O) groups excluding carboxylic acids is 2. The van der Waals surface area contributed by atoms with Crippen molar-refractivity contribution in [2.75, 3.05) is 0 Å². The van der Waals surface area contributed by atoms with Gasteiger partial charge in [0, 0.05) is 17.2 Å². The van der Waals surface area contributed by atoms with Crippen LogP contribution in [-0.2, 0) is 16.2 Å². The smallest absolute Gasteiger partial charge is 0.299 e. The molecule has 0 radical (unpaired) electrons. The summed E-state index contributed by atoms with van der Waals surface area (Å²) in [6.45, 7) is 0. The van der Waals surface area contributed by atoms with E-state index in [2.05, 4.69) is 0 Å². The molecule has 0 spiro atoms. The Bertz CT molecular complexity index is 515. The van der Waals surface area contributed by atoms with Gasteiger partial charge in [-0.3, -0.25) is 18.7 Å². The molecule has 1 aromatic carbocycles. The predicted molar refractivity (Wildman–Crippen MR) is 59.8 cm³/mol. The SMILES string of the molecule is O=C1C=C(O)c2ccccc2C1=O.O=S(O)O. The molecule has 0 saturated carbocycles. The first kappa shape index (κ1) is 13.2. The summed E-state index contributed by atoms with van der Waals surface area (Å²) < 4.78 is 22.8. The molecule has 0 amide bonds. The van der Waals surface area contributed by atoms with Gasteiger partial charge in [-0.1, -0.05) is 24.3 Å². The third-order valence-electron chi connectivity index (χ3n) is 1.94. The molecule has 1 aliphatic carbocycles. The maximum atomic E-state index is 11.3. The molecule has 17 heavy (non-hydrogen) atoms. The minimum absolute atomic E-state index is 0.139. The number of allylic oxidation sites excluding steroid dienone is 1. The van der Waals surface area contributed by atoms with Crippen LogP contribution in [0.4, 0.5) is 0 Å². The first-order chi connectivity index (χ1) is 7.93. The third kappa shape index (κ3) is 3.31. The number of rotatable bonds is 0. The molecular formula is C10H8O6S. The lowest BCUT2D eigenvalue weighted by Crippen LogP contribution is -2.18. The minimum atomic E-state index is -2.61. The molecule has 0 bridgehead atoms. The van der Waals surface area contributed by atoms with Crippen LogP contribution in [0.1, 0.15) is 15.9 Å². The molecule has 0 saturated heterocycles. The molecule has 1 aromatic rings. The van der Waals surface area contributed by atoms with E-state index in [4.69, 9.17) is 13.3 Å². The zero-order chi connectivity index (χ0) is 13.0. The molecule has 0 unspecified atom stereocenters. The highest BCUT2D eigenvalue weighted by atomic mass is 32.2. The Hall–Kier alpha value is -1.83. The molecule has 1 aliphatic rings. The van der Waals surface area contributed by atoms with Crippen molar-refractivity contribution in [1.82, 2.24) is 0 Å². The van der Waals surface area contributed by atoms with Gasteiger partial charge >= 0.3 is 0 Å². The van der Waals surface area contributed by atoms with Crippen LogP contribution in [-0.4, -0.2) is 30.0 Å². The highest BCUT2D eigenvalue weighted by Gasteiger charge is 2.24. The van der Waals surface area contributed by atoms with E-state index in [9.17, 15) is 14.7 Å². The van der Waals surface area contributed by atoms with Gasteiger partial charge in [0.15, 0.2) is 0 Å². The molecule has 7 heteroatoms. The summed E-state index contributed by atoms with van der Waals surface area (Å²) in [5.74, 6) is -1.37. The van der Waals surface area contributed by atoms with Gasteiger partial charge in [0.05, 0.1) is 0 Å². The summed E-state index contributed by atoms with van der Waals surface area (Å²) in [7, 11) is 0. The van der Waals surface area contributed by atoms with Crippen molar-refractivity contribution in [2.45, 2.75) is 0 Å². The number of aliphatic hydroxyl groups excluding tert-OH is 1. The van der Waals surface area contributed by atoms with Crippen LogP contribution in [0.3, 0.4) is 0 Å². The Morgan fingerprint density at radius 1 is 1.00 bits per heavy atom. The van der Waals surface area contributed by atoms with Gasteiger partial charge in [-0.15, -0.1) is 0 Å². The Morgan fingerprint density at radius 2 is 1.47 bits per heavy atom. The maximum Gasteiger partial charge on any atom is 0.299 e. The Balaban J connectivity index is 0.000000317. The van der Waals surface area contributed by atoms with Gasteiger partial charge < -0.3 is 5.11 Å². The van der Waals surface area contributed by atoms with Crippen LogP contribution >= 0.6 is 0 Å². The fraction of sp³-hybridized carbons (Fsp3) is 0. The number of carbonyl (C=O) groups is 2. The van der Waals surface area contributed by atoms with E-state index in [-0.39, 0.29) is 11.3 Å². The zero-order valence-corrected chi connectivity index (χ0v) is 9.18. The van der Waals surface area contributed by atoms with E-state index in [0.717, 1.165) is 6.08 Å². The van der Waals surface area contributed by atoms with Crippen LogP contribution in [0, 0.1) is 0 Å². The lowest BCUT2D eigenvalue weighted by atomic mass is 9.94. The second-order valence-corrected chi connectivity index (χ2v) is 3.46. The molecule has 0 aliphatic heterocycles. The fourth-order valence-corrected chi connectivity index (χ4v) is 1.30. The Morgan fingerprint density at radius 3 is 2.00 bits per heavy atom.